The predicted octanol–water partition coefficient (Wildman–Crippen LogP) is 10.3. The van der Waals surface area contributed by atoms with Crippen molar-refractivity contribution in [2.75, 3.05) is 13.1 Å². The van der Waals surface area contributed by atoms with E-state index in [1.807, 2.05) is 12.1 Å². The molecule has 2 saturated carbocycles. The van der Waals surface area contributed by atoms with Crippen molar-refractivity contribution in [1.29, 1.82) is 0 Å². The van der Waals surface area contributed by atoms with E-state index in [2.05, 4.69) is 25.7 Å². The van der Waals surface area contributed by atoms with E-state index >= 15 is 4.39 Å². The van der Waals surface area contributed by atoms with E-state index < -0.39 is 12.3 Å². The van der Waals surface area contributed by atoms with Gasteiger partial charge >= 0.3 is 0 Å². The Labute approximate surface area is 274 Å². The zero-order chi connectivity index (χ0) is 32.2. The topological polar surface area (TPSA) is 60.8 Å². The van der Waals surface area contributed by atoms with Crippen LogP contribution in [0.5, 0.6) is 5.75 Å². The molecule has 0 aliphatic heterocycles. The fourth-order valence-electron chi connectivity index (χ4n) is 9.58. The number of benzene rings is 1. The molecule has 2 N–H and O–H groups in total. The molecule has 2 fully saturated rings. The molecule has 4 rings (SSSR count). The quantitative estimate of drug-likeness (QED) is 0.141. The maximum atomic E-state index is 16.1. The number of aromatic hydroxyl groups is 1. The molecule has 256 valence electrons. The molecular weight excluding hydrogens is 561 g/mol. The van der Waals surface area contributed by atoms with Gasteiger partial charge in [0.15, 0.2) is 0 Å². The number of rotatable bonds is 20. The summed E-state index contributed by atoms with van der Waals surface area (Å²) in [5.41, 5.74) is 1.86. The summed E-state index contributed by atoms with van der Waals surface area (Å²) in [5.74, 6) is 1.36. The van der Waals surface area contributed by atoms with Crippen LogP contribution in [0.3, 0.4) is 0 Å². The molecule has 3 aliphatic rings. The van der Waals surface area contributed by atoms with Crippen LogP contribution < -0.4 is 0 Å². The lowest BCUT2D eigenvalue weighted by atomic mass is 9.51. The number of hydrogen-bond acceptors (Lipinski definition) is 3. The third-order valence-corrected chi connectivity index (χ3v) is 12.2. The van der Waals surface area contributed by atoms with Crippen molar-refractivity contribution in [2.24, 2.45) is 23.2 Å². The van der Waals surface area contributed by atoms with Gasteiger partial charge in [-0.15, -0.1) is 0 Å². The molecule has 0 radical (unpaired) electrons. The van der Waals surface area contributed by atoms with E-state index in [0.29, 0.717) is 30.6 Å². The van der Waals surface area contributed by atoms with Crippen LogP contribution in [0.15, 0.2) is 18.2 Å². The third kappa shape index (κ3) is 9.48. The highest BCUT2D eigenvalue weighted by atomic mass is 19.1. The van der Waals surface area contributed by atoms with Crippen LogP contribution in [0.1, 0.15) is 166 Å². The van der Waals surface area contributed by atoms with E-state index in [-0.39, 0.29) is 23.0 Å². The molecule has 1 amide bonds. The van der Waals surface area contributed by atoms with Crippen molar-refractivity contribution in [3.05, 3.63) is 29.3 Å². The molecule has 3 aliphatic carbocycles. The number of aliphatic hydroxyl groups is 1. The number of carbonyl (C=O) groups excluding carboxylic acids is 1. The highest BCUT2D eigenvalue weighted by Crippen LogP contribution is 2.63. The fraction of sp³-hybridized carbons (Fsp3) is 0.825. The van der Waals surface area contributed by atoms with Gasteiger partial charge in [-0.3, -0.25) is 4.79 Å². The van der Waals surface area contributed by atoms with Crippen LogP contribution in [-0.4, -0.2) is 46.4 Å². The average Bonchev–Trinajstić information content (AvgIpc) is 3.31. The zero-order valence-electron chi connectivity index (χ0n) is 29.1. The molecule has 5 heteroatoms. The highest BCUT2D eigenvalue weighted by Gasteiger charge is 2.59. The van der Waals surface area contributed by atoms with Gasteiger partial charge in [-0.2, -0.15) is 0 Å². The molecule has 0 heterocycles. The molecule has 1 aromatic carbocycles. The van der Waals surface area contributed by atoms with Crippen LogP contribution in [-0.2, 0) is 11.2 Å². The van der Waals surface area contributed by atoms with Crippen molar-refractivity contribution in [3.63, 3.8) is 0 Å². The van der Waals surface area contributed by atoms with Crippen molar-refractivity contribution >= 4 is 5.91 Å². The summed E-state index contributed by atoms with van der Waals surface area (Å²) < 4.78 is 16.1. The Bertz CT molecular complexity index is 1030. The Balaban J connectivity index is 1.31. The molecule has 0 saturated heterocycles. The van der Waals surface area contributed by atoms with Gasteiger partial charge in [-0.25, -0.2) is 4.39 Å². The van der Waals surface area contributed by atoms with Crippen molar-refractivity contribution in [1.82, 2.24) is 4.90 Å². The number of phenols is 1. The lowest BCUT2D eigenvalue weighted by Crippen LogP contribution is -2.51. The third-order valence-electron chi connectivity index (χ3n) is 12.2. The first kappa shape index (κ1) is 36.2. The van der Waals surface area contributed by atoms with Gasteiger partial charge < -0.3 is 15.1 Å². The smallest absolute Gasteiger partial charge is 0.222 e. The Morgan fingerprint density at radius 2 is 1.51 bits per heavy atom. The van der Waals surface area contributed by atoms with Gasteiger partial charge in [-0.1, -0.05) is 104 Å². The summed E-state index contributed by atoms with van der Waals surface area (Å²) in [6.45, 7) is 8.33. The molecular formula is C40H66FNO3. The minimum atomic E-state index is -0.965. The monoisotopic (exact) mass is 628 g/mol. The lowest BCUT2D eigenvalue weighted by molar-refractivity contribution is -0.131. The molecule has 0 spiro atoms. The van der Waals surface area contributed by atoms with Crippen LogP contribution in [0.25, 0.3) is 0 Å². The van der Waals surface area contributed by atoms with Crippen molar-refractivity contribution in [2.45, 2.75) is 174 Å². The highest BCUT2D eigenvalue weighted by molar-refractivity contribution is 5.76. The number of alkyl halides is 1. The molecule has 0 aromatic heterocycles. The maximum absolute atomic E-state index is 16.1. The average molecular weight is 628 g/mol. The standard InChI is InChI=1S/C40H66FNO3/c1-4-6-8-10-11-12-13-14-15-20-37(45)42(25-17-9-7-5-2)26-18-16-19-30-27-31-28-32(43)21-22-33(31)39-35(41)29-40(3)34(38(30)39)23-24-36(40)44/h21-22,28,30,34-36,38-39,43-44H,4-20,23-27,29H2,1-3H3/t30-,34+,35+,36+,38+,39+,40+/m1/s1. The van der Waals surface area contributed by atoms with Gasteiger partial charge in [0.1, 0.15) is 11.9 Å². The van der Waals surface area contributed by atoms with Gasteiger partial charge in [0, 0.05) is 25.4 Å². The minimum absolute atomic E-state index is 0.143. The summed E-state index contributed by atoms with van der Waals surface area (Å²) in [6, 6.07) is 5.56. The Hall–Kier alpha value is -1.62. The Kier molecular flexibility index (Phi) is 14.5. The first-order valence-electron chi connectivity index (χ1n) is 19.2. The van der Waals surface area contributed by atoms with Crippen LogP contribution in [0.4, 0.5) is 4.39 Å². The van der Waals surface area contributed by atoms with Gasteiger partial charge in [0.25, 0.3) is 0 Å². The maximum Gasteiger partial charge on any atom is 0.222 e. The van der Waals surface area contributed by atoms with E-state index in [4.69, 9.17) is 0 Å². The Morgan fingerprint density at radius 3 is 2.20 bits per heavy atom. The lowest BCUT2D eigenvalue weighted by Gasteiger charge is -2.54. The normalized spacial score (nSPS) is 28.8. The second kappa shape index (κ2) is 18.1. The summed E-state index contributed by atoms with van der Waals surface area (Å²) >= 11 is 0. The number of halogens is 1. The number of phenolic OH excluding ortho intramolecular Hbond substituents is 1. The summed E-state index contributed by atoms with van der Waals surface area (Å²) in [6.07, 6.45) is 21.5. The number of unbranched alkanes of at least 4 members (excludes halogenated alkanes) is 12. The van der Waals surface area contributed by atoms with E-state index in [1.165, 1.54) is 64.2 Å². The van der Waals surface area contributed by atoms with E-state index in [9.17, 15) is 15.0 Å². The summed E-state index contributed by atoms with van der Waals surface area (Å²) in [7, 11) is 0. The number of carbonyl (C=O) groups is 1. The zero-order valence-corrected chi connectivity index (χ0v) is 29.1. The van der Waals surface area contributed by atoms with Gasteiger partial charge in [0.2, 0.25) is 5.91 Å². The van der Waals surface area contributed by atoms with Crippen LogP contribution in [0.2, 0.25) is 0 Å². The summed E-state index contributed by atoms with van der Waals surface area (Å²) in [4.78, 5) is 15.5. The fourth-order valence-corrected chi connectivity index (χ4v) is 9.58. The number of fused-ring (bicyclic) bond motifs is 5. The first-order chi connectivity index (χ1) is 21.8. The molecule has 45 heavy (non-hydrogen) atoms. The first-order valence-corrected chi connectivity index (χ1v) is 19.2. The van der Waals surface area contributed by atoms with Gasteiger partial charge in [0.05, 0.1) is 6.10 Å². The summed E-state index contributed by atoms with van der Waals surface area (Å²) in [5, 5.41) is 21.2. The second-order valence-electron chi connectivity index (χ2n) is 15.4. The molecule has 4 nitrogen and oxygen atoms in total. The number of nitrogens with zero attached hydrogens (tertiary/aromatic N) is 1. The van der Waals surface area contributed by atoms with Crippen molar-refractivity contribution in [3.8, 4) is 5.75 Å². The minimum Gasteiger partial charge on any atom is -0.508 e. The van der Waals surface area contributed by atoms with E-state index in [1.54, 1.807) is 6.07 Å². The molecule has 0 unspecified atom stereocenters. The van der Waals surface area contributed by atoms with Crippen LogP contribution >= 0.6 is 0 Å². The second-order valence-corrected chi connectivity index (χ2v) is 15.4. The SMILES string of the molecule is CCCCCCCCCCCC(=O)N(CCCCCC)CCCC[C@@H]1Cc2cc(O)ccc2[C@@H]2[C@@H]1[C@@H]1CC[C@H](O)[C@@]1(C)C[C@@H]2F. The molecule has 1 aromatic rings. The van der Waals surface area contributed by atoms with E-state index in [0.717, 1.165) is 82.0 Å². The number of aliphatic hydroxyl groups excluding tert-OH is 1. The van der Waals surface area contributed by atoms with Crippen LogP contribution in [0, 0.1) is 23.2 Å². The molecule has 7 atom stereocenters. The number of amides is 1. The largest absolute Gasteiger partial charge is 0.508 e. The van der Waals surface area contributed by atoms with Crippen molar-refractivity contribution < 1.29 is 19.4 Å². The molecule has 0 bridgehead atoms. The Morgan fingerprint density at radius 1 is 0.889 bits per heavy atom. The number of hydrogen-bond donors (Lipinski definition) is 2. The van der Waals surface area contributed by atoms with Gasteiger partial charge in [-0.05, 0) is 97.8 Å². The predicted molar refractivity (Wildman–Crippen MR) is 184 cm³/mol.